The van der Waals surface area contributed by atoms with Crippen molar-refractivity contribution in [2.45, 2.75) is 12.5 Å². The highest BCUT2D eigenvalue weighted by atomic mass is 32.1. The highest BCUT2D eigenvalue weighted by molar-refractivity contribution is 7.20. The van der Waals surface area contributed by atoms with Crippen molar-refractivity contribution in [1.29, 1.82) is 0 Å². The molecule has 3 aromatic rings. The predicted molar refractivity (Wildman–Crippen MR) is 104 cm³/mol. The highest BCUT2D eigenvalue weighted by Gasteiger charge is 2.25. The van der Waals surface area contributed by atoms with Crippen LogP contribution in [0.2, 0.25) is 0 Å². The molecule has 1 aliphatic rings. The van der Waals surface area contributed by atoms with Gasteiger partial charge in [-0.2, -0.15) is 10.2 Å². The van der Waals surface area contributed by atoms with Gasteiger partial charge in [-0.3, -0.25) is 4.98 Å². The highest BCUT2D eigenvalue weighted by Crippen LogP contribution is 2.32. The van der Waals surface area contributed by atoms with Crippen LogP contribution < -0.4 is 4.74 Å². The van der Waals surface area contributed by atoms with Gasteiger partial charge in [0.15, 0.2) is 6.10 Å². The molecule has 1 N–H and O–H groups in total. The van der Waals surface area contributed by atoms with E-state index in [4.69, 9.17) is 4.74 Å². The number of benzene rings is 1. The van der Waals surface area contributed by atoms with Gasteiger partial charge in [0.25, 0.3) is 5.19 Å². The van der Waals surface area contributed by atoms with E-state index in [0.717, 1.165) is 22.2 Å². The van der Waals surface area contributed by atoms with Crippen molar-refractivity contribution in [2.24, 2.45) is 15.4 Å². The van der Waals surface area contributed by atoms with E-state index in [1.807, 2.05) is 0 Å². The molecule has 0 saturated heterocycles. The van der Waals surface area contributed by atoms with E-state index in [1.54, 1.807) is 24.4 Å². The zero-order chi connectivity index (χ0) is 19.5. The number of rotatable bonds is 6. The number of aromatic hydroxyl groups is 1. The third-order valence-corrected chi connectivity index (χ3v) is 4.77. The molecule has 142 valence electrons. The second-order valence-corrected chi connectivity index (χ2v) is 6.77. The van der Waals surface area contributed by atoms with Gasteiger partial charge in [0.2, 0.25) is 0 Å². The van der Waals surface area contributed by atoms with Crippen LogP contribution in [0.5, 0.6) is 10.9 Å². The van der Waals surface area contributed by atoms with Gasteiger partial charge in [-0.25, -0.2) is 9.37 Å². The van der Waals surface area contributed by atoms with Gasteiger partial charge in [-0.05, 0) is 24.3 Å². The van der Waals surface area contributed by atoms with Crippen molar-refractivity contribution < 1.29 is 19.1 Å². The normalized spacial score (nSPS) is 14.6. The largest absolute Gasteiger partial charge is 0.486 e. The maximum absolute atomic E-state index is 14.0. The number of hydrogen-bond acceptors (Lipinski definition) is 9. The van der Waals surface area contributed by atoms with Crippen LogP contribution in [0, 0.1) is 5.82 Å². The van der Waals surface area contributed by atoms with E-state index in [2.05, 4.69) is 30.2 Å². The lowest BCUT2D eigenvalue weighted by molar-refractivity contribution is 0.215. The molecule has 4 rings (SSSR count). The lowest BCUT2D eigenvalue weighted by Gasteiger charge is -2.19. The second kappa shape index (κ2) is 7.69. The molecule has 1 unspecified atom stereocenters. The van der Waals surface area contributed by atoms with Crippen molar-refractivity contribution in [3.8, 4) is 10.9 Å². The average molecular weight is 399 g/mol. The third kappa shape index (κ3) is 3.67. The third-order valence-electron chi connectivity index (χ3n) is 3.95. The number of fused-ring (bicyclic) bond motifs is 1. The van der Waals surface area contributed by atoms with Gasteiger partial charge in [0, 0.05) is 18.2 Å². The van der Waals surface area contributed by atoms with Gasteiger partial charge < -0.3 is 14.7 Å². The topological polar surface area (TPSA) is 102 Å². The number of hydrogen-bond donors (Lipinski definition) is 1. The minimum Gasteiger partial charge on any atom is -0.486 e. The summed E-state index contributed by atoms with van der Waals surface area (Å²) in [6.07, 6.45) is 3.85. The minimum atomic E-state index is -0.670. The van der Waals surface area contributed by atoms with Gasteiger partial charge in [-0.1, -0.05) is 16.5 Å². The number of pyridine rings is 1. The molecule has 8 nitrogen and oxygen atoms in total. The first-order valence-corrected chi connectivity index (χ1v) is 9.02. The first-order chi connectivity index (χ1) is 13.6. The van der Waals surface area contributed by atoms with Crippen LogP contribution in [0.1, 0.15) is 23.8 Å². The van der Waals surface area contributed by atoms with E-state index >= 15 is 0 Å². The molecule has 1 aromatic carbocycles. The molecule has 28 heavy (non-hydrogen) atoms. The average Bonchev–Trinajstić information content (AvgIpc) is 3.34. The fraction of sp³-hybridized carbons (Fsp3) is 0.167. The number of halogens is 1. The lowest BCUT2D eigenvalue weighted by Crippen LogP contribution is -2.20. The molecule has 10 heteroatoms. The minimum absolute atomic E-state index is 0.0143. The maximum Gasteiger partial charge on any atom is 0.271 e. The molecule has 0 saturated carbocycles. The Labute approximate surface area is 162 Å². The van der Waals surface area contributed by atoms with Crippen LogP contribution in [-0.4, -0.2) is 40.3 Å². The van der Waals surface area contributed by atoms with Crippen molar-refractivity contribution in [2.75, 3.05) is 7.11 Å². The molecule has 0 bridgehead atoms. The van der Waals surface area contributed by atoms with Gasteiger partial charge in [-0.15, -0.1) is 0 Å². The van der Waals surface area contributed by atoms with Crippen molar-refractivity contribution >= 4 is 39.7 Å². The second-order valence-electron chi connectivity index (χ2n) is 5.77. The Bertz CT molecular complexity index is 1110. The molecule has 1 aliphatic heterocycles. The molecule has 1 atom stereocenters. The lowest BCUT2D eigenvalue weighted by atomic mass is 10.1. The molecule has 0 amide bonds. The molecule has 3 heterocycles. The first-order valence-electron chi connectivity index (χ1n) is 8.20. The summed E-state index contributed by atoms with van der Waals surface area (Å²) in [5, 5.41) is 21.2. The summed E-state index contributed by atoms with van der Waals surface area (Å²) in [5.41, 5.74) is 1.98. The van der Waals surface area contributed by atoms with Crippen molar-refractivity contribution in [3.63, 3.8) is 0 Å². The van der Waals surface area contributed by atoms with E-state index in [1.165, 1.54) is 19.4 Å². The number of ether oxygens (including phenoxy) is 1. The fourth-order valence-electron chi connectivity index (χ4n) is 2.67. The SMILES string of the molecule is CO/N=C/c1cc(C(Oc2ccc3nc(O)sc3c2)C2=NN=CC2)ncc1F. The summed E-state index contributed by atoms with van der Waals surface area (Å²) >= 11 is 1.15. The Morgan fingerprint density at radius 3 is 3.04 bits per heavy atom. The van der Waals surface area contributed by atoms with E-state index in [9.17, 15) is 9.50 Å². The van der Waals surface area contributed by atoms with Crippen LogP contribution in [0.25, 0.3) is 10.2 Å². The van der Waals surface area contributed by atoms with Gasteiger partial charge in [0.05, 0.1) is 34.0 Å². The van der Waals surface area contributed by atoms with Crippen LogP contribution in [0.15, 0.2) is 45.8 Å². The van der Waals surface area contributed by atoms with E-state index in [0.29, 0.717) is 29.1 Å². The summed E-state index contributed by atoms with van der Waals surface area (Å²) in [4.78, 5) is 12.8. The summed E-state index contributed by atoms with van der Waals surface area (Å²) in [6, 6.07) is 6.79. The Morgan fingerprint density at radius 2 is 2.25 bits per heavy atom. The fourth-order valence-corrected chi connectivity index (χ4v) is 3.41. The maximum atomic E-state index is 14.0. The summed E-state index contributed by atoms with van der Waals surface area (Å²) in [7, 11) is 1.38. The van der Waals surface area contributed by atoms with Crippen LogP contribution >= 0.6 is 11.3 Å². The number of aromatic nitrogens is 2. The van der Waals surface area contributed by atoms with E-state index < -0.39 is 11.9 Å². The monoisotopic (exact) mass is 399 g/mol. The summed E-state index contributed by atoms with van der Waals surface area (Å²) in [5.74, 6) is 0.00319. The Hall–Kier alpha value is -3.40. The zero-order valence-corrected chi connectivity index (χ0v) is 15.4. The molecular formula is C18H14FN5O3S. The predicted octanol–water partition coefficient (Wildman–Crippen LogP) is 3.47. The summed E-state index contributed by atoms with van der Waals surface area (Å²) < 4.78 is 20.9. The summed E-state index contributed by atoms with van der Waals surface area (Å²) in [6.45, 7) is 0. The number of oxime groups is 1. The van der Waals surface area contributed by atoms with Gasteiger partial charge in [0.1, 0.15) is 18.7 Å². The molecular weight excluding hydrogens is 385 g/mol. The quantitative estimate of drug-likeness (QED) is 0.505. The van der Waals surface area contributed by atoms with E-state index in [-0.39, 0.29) is 10.8 Å². The van der Waals surface area contributed by atoms with Crippen molar-refractivity contribution in [3.05, 3.63) is 47.5 Å². The Morgan fingerprint density at radius 1 is 1.36 bits per heavy atom. The van der Waals surface area contributed by atoms with Crippen LogP contribution in [-0.2, 0) is 4.84 Å². The number of nitrogens with zero attached hydrogens (tertiary/aromatic N) is 5. The zero-order valence-electron chi connectivity index (χ0n) is 14.6. The standard InChI is InChI=1S/C18H14FN5O3S/c1-26-22-8-10-6-15(20-9-12(10)19)17(14-4-5-21-24-14)27-11-2-3-13-16(7-11)28-18(25)23-13/h2-3,5-9,17H,4H2,1H3,(H,23,25)/b22-8+. The Kier molecular flexibility index (Phi) is 4.94. The van der Waals surface area contributed by atoms with Crippen molar-refractivity contribution in [1.82, 2.24) is 9.97 Å². The molecule has 2 aromatic heterocycles. The van der Waals surface area contributed by atoms with Crippen LogP contribution in [0.4, 0.5) is 4.39 Å². The smallest absolute Gasteiger partial charge is 0.271 e. The van der Waals surface area contributed by atoms with Crippen LogP contribution in [0.3, 0.4) is 0 Å². The molecule has 0 aliphatic carbocycles. The molecule has 0 fully saturated rings. The number of thiazole rings is 1. The molecule has 0 radical (unpaired) electrons. The molecule has 0 spiro atoms. The Balaban J connectivity index is 1.70. The first kappa shape index (κ1) is 18.0. The van der Waals surface area contributed by atoms with Gasteiger partial charge >= 0.3 is 0 Å².